The number of hydrogen-bond donors (Lipinski definition) is 3. The van der Waals surface area contributed by atoms with Crippen LogP contribution in [-0.4, -0.2) is 59.9 Å². The van der Waals surface area contributed by atoms with Crippen LogP contribution < -0.4 is 21.1 Å². The SMILES string of the molecule is CC1CN(c2nc(N[C@@H]3CCCNC3)c(-c3nc4ccccc4s3)c(=O)[nH]2)CCO1. The molecule has 2 atom stereocenters. The lowest BCUT2D eigenvalue weighted by Gasteiger charge is -2.32. The zero-order chi connectivity index (χ0) is 20.5. The largest absolute Gasteiger partial charge is 0.375 e. The Morgan fingerprint density at radius 3 is 3.00 bits per heavy atom. The van der Waals surface area contributed by atoms with E-state index in [0.29, 0.717) is 42.0 Å². The highest BCUT2D eigenvalue weighted by Gasteiger charge is 2.25. The second-order valence-corrected chi connectivity index (χ2v) is 8.95. The van der Waals surface area contributed by atoms with Gasteiger partial charge in [-0.2, -0.15) is 4.98 Å². The van der Waals surface area contributed by atoms with Crippen LogP contribution in [0.2, 0.25) is 0 Å². The maximum atomic E-state index is 13.3. The van der Waals surface area contributed by atoms with Crippen molar-refractivity contribution in [2.45, 2.75) is 31.9 Å². The number of hydrogen-bond acceptors (Lipinski definition) is 8. The van der Waals surface area contributed by atoms with E-state index in [9.17, 15) is 4.79 Å². The molecule has 158 valence electrons. The van der Waals surface area contributed by atoms with Crippen LogP contribution in [0.25, 0.3) is 20.8 Å². The van der Waals surface area contributed by atoms with Crippen LogP contribution in [-0.2, 0) is 4.74 Å². The van der Waals surface area contributed by atoms with Crippen molar-refractivity contribution in [1.82, 2.24) is 20.3 Å². The third kappa shape index (κ3) is 3.92. The zero-order valence-corrected chi connectivity index (χ0v) is 17.8. The van der Waals surface area contributed by atoms with E-state index in [4.69, 9.17) is 14.7 Å². The van der Waals surface area contributed by atoms with E-state index >= 15 is 0 Å². The van der Waals surface area contributed by atoms with Crippen molar-refractivity contribution in [2.75, 3.05) is 43.0 Å². The Morgan fingerprint density at radius 1 is 1.30 bits per heavy atom. The highest BCUT2D eigenvalue weighted by molar-refractivity contribution is 7.21. The molecule has 0 spiro atoms. The van der Waals surface area contributed by atoms with Gasteiger partial charge in [0.1, 0.15) is 16.4 Å². The number of para-hydroxylation sites is 1. The Balaban J connectivity index is 1.57. The van der Waals surface area contributed by atoms with Gasteiger partial charge >= 0.3 is 0 Å². The van der Waals surface area contributed by atoms with Gasteiger partial charge in [-0.1, -0.05) is 12.1 Å². The molecule has 0 radical (unpaired) electrons. The first-order valence-corrected chi connectivity index (χ1v) is 11.3. The second-order valence-electron chi connectivity index (χ2n) is 7.91. The summed E-state index contributed by atoms with van der Waals surface area (Å²) in [7, 11) is 0. The van der Waals surface area contributed by atoms with Crippen molar-refractivity contribution >= 4 is 33.3 Å². The van der Waals surface area contributed by atoms with Crippen LogP contribution in [0.15, 0.2) is 29.1 Å². The lowest BCUT2D eigenvalue weighted by Crippen LogP contribution is -2.43. The molecule has 3 N–H and O–H groups in total. The van der Waals surface area contributed by atoms with Crippen LogP contribution in [0.1, 0.15) is 19.8 Å². The molecule has 1 unspecified atom stereocenters. The van der Waals surface area contributed by atoms with E-state index in [1.165, 1.54) is 11.3 Å². The molecule has 3 aromatic rings. The minimum Gasteiger partial charge on any atom is -0.375 e. The van der Waals surface area contributed by atoms with Gasteiger partial charge in [0.15, 0.2) is 0 Å². The molecule has 2 aromatic heterocycles. The smallest absolute Gasteiger partial charge is 0.264 e. The van der Waals surface area contributed by atoms with Crippen LogP contribution in [0.3, 0.4) is 0 Å². The fourth-order valence-electron chi connectivity index (χ4n) is 4.07. The summed E-state index contributed by atoms with van der Waals surface area (Å²) in [6, 6.07) is 8.18. The predicted molar refractivity (Wildman–Crippen MR) is 121 cm³/mol. The Labute approximate surface area is 178 Å². The molecule has 5 rings (SSSR count). The molecule has 4 heterocycles. The van der Waals surface area contributed by atoms with E-state index in [-0.39, 0.29) is 17.7 Å². The highest BCUT2D eigenvalue weighted by Crippen LogP contribution is 2.32. The number of aromatic nitrogens is 3. The van der Waals surface area contributed by atoms with Crippen LogP contribution in [0.4, 0.5) is 11.8 Å². The molecule has 1 aromatic carbocycles. The third-order valence-corrected chi connectivity index (χ3v) is 6.65. The fourth-order valence-corrected chi connectivity index (χ4v) is 5.08. The Morgan fingerprint density at radius 2 is 2.20 bits per heavy atom. The quantitative estimate of drug-likeness (QED) is 0.590. The average molecular weight is 427 g/mol. The first kappa shape index (κ1) is 19.5. The maximum Gasteiger partial charge on any atom is 0.264 e. The van der Waals surface area contributed by atoms with E-state index < -0.39 is 0 Å². The van der Waals surface area contributed by atoms with E-state index in [1.807, 2.05) is 31.2 Å². The molecule has 8 nitrogen and oxygen atoms in total. The van der Waals surface area contributed by atoms with Gasteiger partial charge in [-0.25, -0.2) is 4.98 Å². The normalized spacial score (nSPS) is 22.4. The number of H-pyrrole nitrogens is 1. The number of nitrogens with one attached hydrogen (secondary N) is 3. The molecule has 2 aliphatic heterocycles. The fraction of sp³-hybridized carbons (Fsp3) is 0.476. The summed E-state index contributed by atoms with van der Waals surface area (Å²) in [4.78, 5) is 27.9. The van der Waals surface area contributed by atoms with Crippen LogP contribution in [0, 0.1) is 0 Å². The highest BCUT2D eigenvalue weighted by atomic mass is 32.1. The summed E-state index contributed by atoms with van der Waals surface area (Å²) in [6.07, 6.45) is 2.25. The van der Waals surface area contributed by atoms with Gasteiger partial charge in [0.2, 0.25) is 5.95 Å². The number of morpholine rings is 1. The van der Waals surface area contributed by atoms with Crippen molar-refractivity contribution in [3.63, 3.8) is 0 Å². The first-order valence-electron chi connectivity index (χ1n) is 10.5. The molecule has 9 heteroatoms. The number of nitrogens with zero attached hydrogens (tertiary/aromatic N) is 3. The predicted octanol–water partition coefficient (Wildman–Crippen LogP) is 2.44. The molecule has 2 saturated heterocycles. The maximum absolute atomic E-state index is 13.3. The van der Waals surface area contributed by atoms with Crippen LogP contribution >= 0.6 is 11.3 Å². The Hall–Kier alpha value is -2.49. The molecule has 30 heavy (non-hydrogen) atoms. The molecular formula is C21H26N6O2S. The lowest BCUT2D eigenvalue weighted by atomic mass is 10.1. The number of thiazole rings is 1. The molecule has 2 aliphatic rings. The number of benzene rings is 1. The van der Waals surface area contributed by atoms with Gasteiger partial charge in [0.05, 0.1) is 22.9 Å². The van der Waals surface area contributed by atoms with Gasteiger partial charge in [0, 0.05) is 25.7 Å². The van der Waals surface area contributed by atoms with Crippen molar-refractivity contribution in [3.05, 3.63) is 34.6 Å². The summed E-state index contributed by atoms with van der Waals surface area (Å²) in [6.45, 7) is 5.96. The number of aromatic amines is 1. The van der Waals surface area contributed by atoms with E-state index in [1.54, 1.807) is 0 Å². The summed E-state index contributed by atoms with van der Waals surface area (Å²) in [5.74, 6) is 1.20. The second kappa shape index (κ2) is 8.33. The minimum atomic E-state index is -0.163. The number of ether oxygens (including phenoxy) is 1. The van der Waals surface area contributed by atoms with Gasteiger partial charge in [-0.05, 0) is 38.4 Å². The van der Waals surface area contributed by atoms with Crippen LogP contribution in [0.5, 0.6) is 0 Å². The Kier molecular flexibility index (Phi) is 5.41. The van der Waals surface area contributed by atoms with Crippen molar-refractivity contribution in [2.24, 2.45) is 0 Å². The van der Waals surface area contributed by atoms with Crippen molar-refractivity contribution in [1.29, 1.82) is 0 Å². The minimum absolute atomic E-state index is 0.104. The zero-order valence-electron chi connectivity index (χ0n) is 17.0. The number of fused-ring (bicyclic) bond motifs is 1. The van der Waals surface area contributed by atoms with Gasteiger partial charge in [-0.15, -0.1) is 11.3 Å². The van der Waals surface area contributed by atoms with Crippen molar-refractivity contribution < 1.29 is 4.74 Å². The lowest BCUT2D eigenvalue weighted by molar-refractivity contribution is 0.0526. The summed E-state index contributed by atoms with van der Waals surface area (Å²) in [5.41, 5.74) is 1.25. The average Bonchev–Trinajstić information content (AvgIpc) is 3.18. The van der Waals surface area contributed by atoms with E-state index in [2.05, 4.69) is 20.5 Å². The Bertz CT molecular complexity index is 1060. The van der Waals surface area contributed by atoms with Gasteiger partial charge in [0.25, 0.3) is 5.56 Å². The monoisotopic (exact) mass is 426 g/mol. The van der Waals surface area contributed by atoms with Crippen molar-refractivity contribution in [3.8, 4) is 10.6 Å². The summed E-state index contributed by atoms with van der Waals surface area (Å²) in [5, 5.41) is 7.65. The topological polar surface area (TPSA) is 95.2 Å². The van der Waals surface area contributed by atoms with Gasteiger partial charge in [-0.3, -0.25) is 9.78 Å². The third-order valence-electron chi connectivity index (χ3n) is 5.59. The number of anilines is 2. The molecule has 0 saturated carbocycles. The molecule has 0 amide bonds. The summed E-state index contributed by atoms with van der Waals surface area (Å²) < 4.78 is 6.70. The standard InChI is InChI=1S/C21H26N6O2S/c1-13-12-27(9-10-29-13)21-25-18(23-14-5-4-8-22-11-14)17(19(28)26-21)20-24-15-6-2-3-7-16(15)30-20/h2-3,6-7,13-14,22H,4-5,8-12H2,1H3,(H2,23,25,26,28)/t13?,14-/m1/s1. The molecule has 2 fully saturated rings. The number of piperidine rings is 1. The molecule has 0 aliphatic carbocycles. The van der Waals surface area contributed by atoms with E-state index in [0.717, 1.165) is 36.1 Å². The molecular weight excluding hydrogens is 400 g/mol. The first-order chi connectivity index (χ1) is 14.7. The van der Waals surface area contributed by atoms with Gasteiger partial charge < -0.3 is 20.3 Å². The molecule has 0 bridgehead atoms. The summed E-state index contributed by atoms with van der Waals surface area (Å²) >= 11 is 1.52. The number of rotatable bonds is 4.